The molecule has 27 heavy (non-hydrogen) atoms. The fourth-order valence-corrected chi connectivity index (χ4v) is 5.31. The number of nitrogens with zero attached hydrogens (tertiary/aromatic N) is 3. The lowest BCUT2D eigenvalue weighted by Crippen LogP contribution is -2.45. The van der Waals surface area contributed by atoms with Crippen LogP contribution >= 0.6 is 31.9 Å². The minimum atomic E-state index is -1.57. The van der Waals surface area contributed by atoms with E-state index in [4.69, 9.17) is 0 Å². The number of aromatic amines is 1. The first-order valence-electron chi connectivity index (χ1n) is 8.81. The SMILES string of the molecule is Brc1cnc2[nH]ccc2c1.CC(C)(C)[Si](C)(C)n1ccc2cc(Br)cnc21. The van der Waals surface area contributed by atoms with Crippen LogP contribution in [0.15, 0.2) is 58.0 Å². The van der Waals surface area contributed by atoms with E-state index in [0.29, 0.717) is 5.04 Å². The molecule has 0 aromatic carbocycles. The molecular weight excluding hydrogens is 484 g/mol. The van der Waals surface area contributed by atoms with Crippen molar-refractivity contribution in [2.24, 2.45) is 0 Å². The van der Waals surface area contributed by atoms with Crippen molar-refractivity contribution in [1.29, 1.82) is 0 Å². The first-order valence-corrected chi connectivity index (χ1v) is 13.3. The lowest BCUT2D eigenvalue weighted by Gasteiger charge is -2.38. The summed E-state index contributed by atoms with van der Waals surface area (Å²) in [6.07, 6.45) is 7.73. The van der Waals surface area contributed by atoms with Gasteiger partial charge in [0.1, 0.15) is 11.3 Å². The van der Waals surface area contributed by atoms with Crippen LogP contribution in [0.3, 0.4) is 0 Å². The molecule has 142 valence electrons. The molecule has 0 radical (unpaired) electrons. The lowest BCUT2D eigenvalue weighted by atomic mass is 10.2. The second-order valence-electron chi connectivity index (χ2n) is 8.13. The smallest absolute Gasteiger partial charge is 0.163 e. The zero-order valence-corrected chi connectivity index (χ0v) is 20.4. The molecule has 0 amide bonds. The summed E-state index contributed by atoms with van der Waals surface area (Å²) >= 11 is 6.81. The number of hydrogen-bond donors (Lipinski definition) is 1. The van der Waals surface area contributed by atoms with Crippen LogP contribution in [0.5, 0.6) is 0 Å². The van der Waals surface area contributed by atoms with Crippen LogP contribution in [0.2, 0.25) is 18.1 Å². The topological polar surface area (TPSA) is 46.5 Å². The fourth-order valence-electron chi connectivity index (χ4n) is 2.72. The van der Waals surface area contributed by atoms with E-state index in [0.717, 1.165) is 25.6 Å². The highest BCUT2D eigenvalue weighted by atomic mass is 79.9. The molecule has 0 saturated carbocycles. The summed E-state index contributed by atoms with van der Waals surface area (Å²) in [5.41, 5.74) is 2.04. The number of rotatable bonds is 1. The Kier molecular flexibility index (Phi) is 5.66. The van der Waals surface area contributed by atoms with Crippen molar-refractivity contribution < 1.29 is 0 Å². The lowest BCUT2D eigenvalue weighted by molar-refractivity contribution is 0.702. The minimum absolute atomic E-state index is 0.313. The average Bonchev–Trinajstić information content (AvgIpc) is 3.19. The summed E-state index contributed by atoms with van der Waals surface area (Å²) in [7, 11) is -1.57. The Hall–Kier alpha value is -1.44. The molecular formula is C20H24Br2N4Si. The third kappa shape index (κ3) is 4.20. The zero-order chi connectivity index (χ0) is 19.8. The zero-order valence-electron chi connectivity index (χ0n) is 16.2. The van der Waals surface area contributed by atoms with Crippen LogP contribution in [-0.2, 0) is 0 Å². The van der Waals surface area contributed by atoms with Crippen molar-refractivity contribution in [3.8, 4) is 0 Å². The van der Waals surface area contributed by atoms with Gasteiger partial charge >= 0.3 is 0 Å². The van der Waals surface area contributed by atoms with Crippen molar-refractivity contribution in [3.63, 3.8) is 0 Å². The van der Waals surface area contributed by atoms with Gasteiger partial charge in [-0.05, 0) is 67.4 Å². The highest BCUT2D eigenvalue weighted by Crippen LogP contribution is 2.38. The summed E-state index contributed by atoms with van der Waals surface area (Å²) in [6, 6.07) is 8.31. The first kappa shape index (κ1) is 20.3. The molecule has 4 heterocycles. The Labute approximate surface area is 177 Å². The van der Waals surface area contributed by atoms with Crippen LogP contribution < -0.4 is 0 Å². The normalized spacial score (nSPS) is 12.3. The third-order valence-electron chi connectivity index (χ3n) is 5.30. The van der Waals surface area contributed by atoms with Gasteiger partial charge in [-0.1, -0.05) is 33.9 Å². The number of aromatic nitrogens is 4. The van der Waals surface area contributed by atoms with Gasteiger partial charge < -0.3 is 9.22 Å². The van der Waals surface area contributed by atoms with Crippen LogP contribution in [0.4, 0.5) is 0 Å². The van der Waals surface area contributed by atoms with Gasteiger partial charge in [0.05, 0.1) is 0 Å². The summed E-state index contributed by atoms with van der Waals surface area (Å²) in [6.45, 7) is 11.8. The number of H-pyrrole nitrogens is 1. The maximum absolute atomic E-state index is 4.57. The second-order valence-corrected chi connectivity index (χ2v) is 15.1. The average molecular weight is 508 g/mol. The van der Waals surface area contributed by atoms with E-state index in [9.17, 15) is 0 Å². The van der Waals surface area contributed by atoms with Crippen LogP contribution in [-0.4, -0.2) is 27.4 Å². The van der Waals surface area contributed by atoms with Gasteiger partial charge in [0, 0.05) is 38.3 Å². The molecule has 7 heteroatoms. The van der Waals surface area contributed by atoms with Crippen molar-refractivity contribution in [1.82, 2.24) is 19.2 Å². The number of halogens is 2. The van der Waals surface area contributed by atoms with Crippen molar-refractivity contribution in [2.45, 2.75) is 38.9 Å². The molecule has 0 bridgehead atoms. The monoisotopic (exact) mass is 506 g/mol. The third-order valence-corrected chi connectivity index (χ3v) is 11.4. The van der Waals surface area contributed by atoms with E-state index in [2.05, 4.69) is 103 Å². The first-order chi connectivity index (χ1) is 12.6. The van der Waals surface area contributed by atoms with Gasteiger partial charge in [0.2, 0.25) is 0 Å². The molecule has 0 spiro atoms. The number of hydrogen-bond acceptors (Lipinski definition) is 2. The molecule has 0 saturated heterocycles. The highest BCUT2D eigenvalue weighted by molar-refractivity contribution is 9.10. The van der Waals surface area contributed by atoms with E-state index in [1.54, 1.807) is 6.20 Å². The number of fused-ring (bicyclic) bond motifs is 2. The molecule has 1 N–H and O–H groups in total. The summed E-state index contributed by atoms with van der Waals surface area (Å²) in [5.74, 6) is 0. The molecule has 0 aliphatic rings. The fraction of sp³-hybridized carbons (Fsp3) is 0.300. The standard InChI is InChI=1S/C13H19BrN2Si.C7H5BrN2/c1-13(2,3)17(4,5)16-7-6-10-8-11(14)9-15-12(10)16;8-6-3-5-1-2-9-7(5)10-4-6/h6-9H,1-5H3;1-4H,(H,9,10). The van der Waals surface area contributed by atoms with Crippen molar-refractivity contribution in [2.75, 3.05) is 0 Å². The van der Waals surface area contributed by atoms with Crippen molar-refractivity contribution >= 4 is 62.2 Å². The number of nitrogens with one attached hydrogen (secondary N) is 1. The Morgan fingerprint density at radius 1 is 0.963 bits per heavy atom. The van der Waals surface area contributed by atoms with Gasteiger partial charge in [-0.2, -0.15) is 0 Å². The quantitative estimate of drug-likeness (QED) is 0.282. The van der Waals surface area contributed by atoms with Gasteiger partial charge in [0.25, 0.3) is 0 Å². The molecule has 4 nitrogen and oxygen atoms in total. The minimum Gasteiger partial charge on any atom is -0.359 e. The van der Waals surface area contributed by atoms with Gasteiger partial charge in [-0.25, -0.2) is 9.97 Å². The maximum Gasteiger partial charge on any atom is 0.163 e. The second kappa shape index (κ2) is 7.52. The summed E-state index contributed by atoms with van der Waals surface area (Å²) < 4.78 is 4.46. The van der Waals surface area contributed by atoms with E-state index in [-0.39, 0.29) is 0 Å². The Bertz CT molecular complexity index is 1080. The van der Waals surface area contributed by atoms with E-state index < -0.39 is 8.24 Å². The van der Waals surface area contributed by atoms with E-state index in [1.165, 1.54) is 5.39 Å². The van der Waals surface area contributed by atoms with Crippen LogP contribution in [0.25, 0.3) is 22.1 Å². The summed E-state index contributed by atoms with van der Waals surface area (Å²) in [4.78, 5) is 11.7. The molecule has 0 atom stereocenters. The number of pyridine rings is 2. The maximum atomic E-state index is 4.57. The van der Waals surface area contributed by atoms with Crippen molar-refractivity contribution in [3.05, 3.63) is 58.0 Å². The Morgan fingerprint density at radius 3 is 2.26 bits per heavy atom. The molecule has 4 aromatic rings. The van der Waals surface area contributed by atoms with Gasteiger partial charge in [0.15, 0.2) is 8.24 Å². The van der Waals surface area contributed by atoms with Gasteiger partial charge in [-0.3, -0.25) is 0 Å². The van der Waals surface area contributed by atoms with E-state index >= 15 is 0 Å². The van der Waals surface area contributed by atoms with E-state index in [1.807, 2.05) is 24.5 Å². The largest absolute Gasteiger partial charge is 0.359 e. The molecule has 0 unspecified atom stereocenters. The summed E-state index contributed by atoms with van der Waals surface area (Å²) in [5, 5.41) is 2.66. The molecule has 4 aromatic heterocycles. The molecule has 4 rings (SSSR count). The predicted molar refractivity (Wildman–Crippen MR) is 124 cm³/mol. The predicted octanol–water partition coefficient (Wildman–Crippen LogP) is 6.98. The Morgan fingerprint density at radius 2 is 1.59 bits per heavy atom. The molecule has 0 aliphatic heterocycles. The Balaban J connectivity index is 0.000000177. The van der Waals surface area contributed by atoms with Crippen LogP contribution in [0.1, 0.15) is 20.8 Å². The molecule has 0 aliphatic carbocycles. The molecule has 0 fully saturated rings. The highest BCUT2D eigenvalue weighted by Gasteiger charge is 2.38. The van der Waals surface area contributed by atoms with Crippen LogP contribution in [0, 0.1) is 0 Å². The van der Waals surface area contributed by atoms with Gasteiger partial charge in [-0.15, -0.1) is 0 Å².